The number of carbonyl (C=O) groups is 1. The highest BCUT2D eigenvalue weighted by Gasteiger charge is 2.14. The van der Waals surface area contributed by atoms with Crippen LogP contribution < -0.4 is 10.1 Å². The van der Waals surface area contributed by atoms with E-state index in [0.29, 0.717) is 17.0 Å². The van der Waals surface area contributed by atoms with Gasteiger partial charge in [0.25, 0.3) is 16.4 Å². The van der Waals surface area contributed by atoms with Gasteiger partial charge in [0.15, 0.2) is 6.61 Å². The van der Waals surface area contributed by atoms with Gasteiger partial charge in [-0.15, -0.1) is 5.10 Å². The van der Waals surface area contributed by atoms with Crippen molar-refractivity contribution in [1.82, 2.24) is 9.78 Å². The fourth-order valence-corrected chi connectivity index (χ4v) is 2.78. The Morgan fingerprint density at radius 3 is 2.83 bits per heavy atom. The van der Waals surface area contributed by atoms with E-state index in [1.54, 1.807) is 19.1 Å². The smallest absolute Gasteiger partial charge is 0.287 e. The van der Waals surface area contributed by atoms with Gasteiger partial charge in [-0.3, -0.25) is 14.9 Å². The van der Waals surface area contributed by atoms with Crippen molar-refractivity contribution in [3.63, 3.8) is 0 Å². The van der Waals surface area contributed by atoms with Crippen LogP contribution in [0.4, 0.5) is 11.4 Å². The summed E-state index contributed by atoms with van der Waals surface area (Å²) in [7, 11) is 0. The SMILES string of the molecule is Cc1cccc(OCc2nn(CC(=O)Nc3ccc(C)c([N+](=O)[O-])c3)c(=S)o2)c1. The van der Waals surface area contributed by atoms with E-state index in [4.69, 9.17) is 21.4 Å². The summed E-state index contributed by atoms with van der Waals surface area (Å²) in [6.07, 6.45) is 0. The standard InChI is InChI=1S/C19H18N4O5S/c1-12-4-3-5-15(8-12)27-11-18-21-22(19(29)28-18)10-17(24)20-14-7-6-13(2)16(9-14)23(25)26/h3-9H,10-11H2,1-2H3,(H,20,24). The average molecular weight is 414 g/mol. The maximum absolute atomic E-state index is 12.3. The van der Waals surface area contributed by atoms with Gasteiger partial charge in [0.05, 0.1) is 4.92 Å². The normalized spacial score (nSPS) is 10.6. The number of ether oxygens (including phenoxy) is 1. The second-order valence-corrected chi connectivity index (χ2v) is 6.68. The van der Waals surface area contributed by atoms with Crippen LogP contribution in [-0.2, 0) is 17.9 Å². The number of nitrogens with one attached hydrogen (secondary N) is 1. The molecule has 0 aliphatic rings. The molecule has 0 aliphatic heterocycles. The van der Waals surface area contributed by atoms with E-state index in [2.05, 4.69) is 10.4 Å². The number of nitro groups is 1. The van der Waals surface area contributed by atoms with Crippen molar-refractivity contribution < 1.29 is 18.9 Å². The van der Waals surface area contributed by atoms with Gasteiger partial charge in [-0.2, -0.15) is 0 Å². The summed E-state index contributed by atoms with van der Waals surface area (Å²) in [6.45, 7) is 3.44. The van der Waals surface area contributed by atoms with Crippen LogP contribution in [0.25, 0.3) is 0 Å². The fourth-order valence-electron chi connectivity index (χ4n) is 2.58. The molecule has 3 aromatic rings. The number of benzene rings is 2. The van der Waals surface area contributed by atoms with Crippen LogP contribution in [0.3, 0.4) is 0 Å². The van der Waals surface area contributed by atoms with Crippen LogP contribution in [0.15, 0.2) is 46.9 Å². The molecule has 1 N–H and O–H groups in total. The van der Waals surface area contributed by atoms with Gasteiger partial charge in [0, 0.05) is 17.3 Å². The molecule has 0 bridgehead atoms. The van der Waals surface area contributed by atoms with E-state index in [1.165, 1.54) is 10.7 Å². The highest BCUT2D eigenvalue weighted by molar-refractivity contribution is 7.71. The topological polar surface area (TPSA) is 112 Å². The lowest BCUT2D eigenvalue weighted by Crippen LogP contribution is -2.20. The van der Waals surface area contributed by atoms with Gasteiger partial charge in [-0.25, -0.2) is 4.68 Å². The number of aromatic nitrogens is 2. The van der Waals surface area contributed by atoms with E-state index < -0.39 is 10.8 Å². The zero-order valence-electron chi connectivity index (χ0n) is 15.7. The van der Waals surface area contributed by atoms with E-state index in [0.717, 1.165) is 5.56 Å². The van der Waals surface area contributed by atoms with E-state index in [1.807, 2.05) is 31.2 Å². The molecule has 3 rings (SSSR count). The van der Waals surface area contributed by atoms with Gasteiger partial charge >= 0.3 is 0 Å². The van der Waals surface area contributed by atoms with Crippen molar-refractivity contribution in [3.05, 3.63) is 74.4 Å². The van der Waals surface area contributed by atoms with Crippen molar-refractivity contribution in [2.45, 2.75) is 27.0 Å². The molecular formula is C19H18N4O5S. The predicted molar refractivity (Wildman–Crippen MR) is 107 cm³/mol. The van der Waals surface area contributed by atoms with Gasteiger partial charge < -0.3 is 14.5 Å². The Morgan fingerprint density at radius 2 is 2.10 bits per heavy atom. The van der Waals surface area contributed by atoms with Gasteiger partial charge in [-0.05, 0) is 49.8 Å². The van der Waals surface area contributed by atoms with E-state index >= 15 is 0 Å². The number of hydrogen-bond donors (Lipinski definition) is 1. The molecule has 0 atom stereocenters. The minimum Gasteiger partial charge on any atom is -0.484 e. The molecule has 1 heterocycles. The first-order valence-electron chi connectivity index (χ1n) is 8.63. The Kier molecular flexibility index (Phi) is 6.03. The summed E-state index contributed by atoms with van der Waals surface area (Å²) in [4.78, 5) is 22.8. The molecular weight excluding hydrogens is 396 g/mol. The molecule has 0 radical (unpaired) electrons. The van der Waals surface area contributed by atoms with Crippen LogP contribution in [0.5, 0.6) is 5.75 Å². The van der Waals surface area contributed by atoms with Crippen LogP contribution in [0, 0.1) is 28.8 Å². The molecule has 1 amide bonds. The molecule has 0 saturated heterocycles. The first-order valence-corrected chi connectivity index (χ1v) is 9.04. The van der Waals surface area contributed by atoms with Gasteiger partial charge in [0.1, 0.15) is 12.3 Å². The lowest BCUT2D eigenvalue weighted by atomic mass is 10.2. The summed E-state index contributed by atoms with van der Waals surface area (Å²) in [6, 6.07) is 12.0. The Balaban J connectivity index is 1.63. The third kappa shape index (κ3) is 5.26. The molecule has 0 saturated carbocycles. The maximum Gasteiger partial charge on any atom is 0.287 e. The summed E-state index contributed by atoms with van der Waals surface area (Å²) in [5.74, 6) is 0.452. The number of hydrogen-bond acceptors (Lipinski definition) is 7. The van der Waals surface area contributed by atoms with E-state index in [-0.39, 0.29) is 29.6 Å². The number of aryl methyl sites for hydroxylation is 2. The Morgan fingerprint density at radius 1 is 1.31 bits per heavy atom. The van der Waals surface area contributed by atoms with Crippen molar-refractivity contribution in [2.24, 2.45) is 0 Å². The maximum atomic E-state index is 12.3. The monoisotopic (exact) mass is 414 g/mol. The number of anilines is 1. The second-order valence-electron chi connectivity index (χ2n) is 6.33. The molecule has 0 fully saturated rings. The molecule has 10 heteroatoms. The lowest BCUT2D eigenvalue weighted by molar-refractivity contribution is -0.385. The number of nitro benzene ring substituents is 1. The zero-order chi connectivity index (χ0) is 21.0. The summed E-state index contributed by atoms with van der Waals surface area (Å²) >= 11 is 5.09. The number of carbonyl (C=O) groups excluding carboxylic acids is 1. The van der Waals surface area contributed by atoms with Crippen LogP contribution in [0.2, 0.25) is 0 Å². The molecule has 1 aromatic heterocycles. The molecule has 29 heavy (non-hydrogen) atoms. The molecule has 0 spiro atoms. The van der Waals surface area contributed by atoms with Crippen LogP contribution >= 0.6 is 12.2 Å². The van der Waals surface area contributed by atoms with Crippen LogP contribution in [0.1, 0.15) is 17.0 Å². The van der Waals surface area contributed by atoms with Crippen molar-refractivity contribution in [1.29, 1.82) is 0 Å². The minimum absolute atomic E-state index is 0.0258. The highest BCUT2D eigenvalue weighted by atomic mass is 32.1. The third-order valence-electron chi connectivity index (χ3n) is 3.98. The van der Waals surface area contributed by atoms with Crippen molar-refractivity contribution >= 4 is 29.5 Å². The molecule has 0 unspecified atom stereocenters. The van der Waals surface area contributed by atoms with Crippen molar-refractivity contribution in [3.8, 4) is 5.75 Å². The Bertz CT molecular complexity index is 1120. The predicted octanol–water partition coefficient (Wildman–Crippen LogP) is 3.95. The Labute approximate surface area is 171 Å². The minimum atomic E-state index is -0.501. The summed E-state index contributed by atoms with van der Waals surface area (Å²) in [5, 5.41) is 17.8. The Hall–Kier alpha value is -3.53. The summed E-state index contributed by atoms with van der Waals surface area (Å²) < 4.78 is 12.2. The number of nitrogens with zero attached hydrogens (tertiary/aromatic N) is 3. The van der Waals surface area contributed by atoms with Crippen molar-refractivity contribution in [2.75, 3.05) is 5.32 Å². The largest absolute Gasteiger partial charge is 0.484 e. The van der Waals surface area contributed by atoms with Crippen LogP contribution in [-0.4, -0.2) is 20.6 Å². The number of amides is 1. The molecule has 2 aromatic carbocycles. The summed E-state index contributed by atoms with van der Waals surface area (Å²) in [5.41, 5.74) is 1.80. The number of rotatable bonds is 7. The quantitative estimate of drug-likeness (QED) is 0.354. The molecule has 9 nitrogen and oxygen atoms in total. The average Bonchev–Trinajstić information content (AvgIpc) is 3.01. The second kappa shape index (κ2) is 8.65. The molecule has 0 aliphatic carbocycles. The van der Waals surface area contributed by atoms with Gasteiger partial charge in [-0.1, -0.05) is 18.2 Å². The zero-order valence-corrected chi connectivity index (χ0v) is 16.6. The highest BCUT2D eigenvalue weighted by Crippen LogP contribution is 2.22. The third-order valence-corrected chi connectivity index (χ3v) is 4.28. The lowest BCUT2D eigenvalue weighted by Gasteiger charge is -2.06. The van der Waals surface area contributed by atoms with Gasteiger partial charge in [0.2, 0.25) is 5.91 Å². The molecule has 150 valence electrons. The first-order chi connectivity index (χ1) is 13.8. The first kappa shape index (κ1) is 20.2. The fraction of sp³-hybridized carbons (Fsp3) is 0.211. The van der Waals surface area contributed by atoms with E-state index in [9.17, 15) is 14.9 Å².